The first-order chi connectivity index (χ1) is 14.6. The topological polar surface area (TPSA) is 80.1 Å². The Bertz CT molecular complexity index is 1050. The first kappa shape index (κ1) is 20.2. The predicted molar refractivity (Wildman–Crippen MR) is 118 cm³/mol. The van der Waals surface area contributed by atoms with Gasteiger partial charge in [-0.15, -0.1) is 10.2 Å². The molecular weight excluding hydrogens is 398 g/mol. The highest BCUT2D eigenvalue weighted by molar-refractivity contribution is 7.99. The number of thioether (sulfide) groups is 1. The number of fused-ring (bicyclic) bond motifs is 1. The molecule has 2 heterocycles. The van der Waals surface area contributed by atoms with E-state index in [1.165, 1.54) is 17.3 Å². The summed E-state index contributed by atoms with van der Waals surface area (Å²) in [5.74, 6) is 0.728. The summed E-state index contributed by atoms with van der Waals surface area (Å²) in [7, 11) is 1.81. The zero-order chi connectivity index (χ0) is 20.9. The largest absolute Gasteiger partial charge is 0.326 e. The van der Waals surface area contributed by atoms with E-state index in [0.29, 0.717) is 11.0 Å². The van der Waals surface area contributed by atoms with Gasteiger partial charge in [0.25, 0.3) is 0 Å². The lowest BCUT2D eigenvalue weighted by atomic mass is 10.0. The number of aryl methyl sites for hydroxylation is 1. The minimum Gasteiger partial charge on any atom is -0.326 e. The molecule has 3 aromatic rings. The van der Waals surface area contributed by atoms with Crippen LogP contribution >= 0.6 is 11.8 Å². The van der Waals surface area contributed by atoms with Crippen LogP contribution in [0.25, 0.3) is 0 Å². The second-order valence-electron chi connectivity index (χ2n) is 7.12. The van der Waals surface area contributed by atoms with Gasteiger partial charge in [0.2, 0.25) is 11.8 Å². The van der Waals surface area contributed by atoms with Gasteiger partial charge in [-0.25, -0.2) is 0 Å². The molecular formula is C22H23N5O2S. The third-order valence-electron chi connectivity index (χ3n) is 5.04. The number of nitrogens with zero attached hydrogens (tertiary/aromatic N) is 4. The summed E-state index contributed by atoms with van der Waals surface area (Å²) in [6.07, 6.45) is 2.09. The van der Waals surface area contributed by atoms with Gasteiger partial charge in [-0.3, -0.25) is 9.59 Å². The number of nitrogens with one attached hydrogen (secondary N) is 1. The van der Waals surface area contributed by atoms with Crippen LogP contribution in [0.2, 0.25) is 0 Å². The Balaban J connectivity index is 1.35. The molecule has 4 rings (SSSR count). The molecule has 0 saturated carbocycles. The third-order valence-corrected chi connectivity index (χ3v) is 6.04. The molecule has 2 aromatic carbocycles. The second kappa shape index (κ2) is 9.13. The molecule has 0 unspecified atom stereocenters. The van der Waals surface area contributed by atoms with Gasteiger partial charge < -0.3 is 14.8 Å². The predicted octanol–water partition coefficient (Wildman–Crippen LogP) is 3.07. The van der Waals surface area contributed by atoms with E-state index in [9.17, 15) is 9.59 Å². The van der Waals surface area contributed by atoms with Crippen molar-refractivity contribution in [2.45, 2.75) is 24.4 Å². The smallest absolute Gasteiger partial charge is 0.237 e. The number of aromatic nitrogens is 3. The molecule has 0 saturated heterocycles. The van der Waals surface area contributed by atoms with Crippen molar-refractivity contribution in [1.82, 2.24) is 14.8 Å². The summed E-state index contributed by atoms with van der Waals surface area (Å²) in [5, 5.41) is 11.8. The van der Waals surface area contributed by atoms with Crippen LogP contribution in [0.4, 0.5) is 11.4 Å². The lowest BCUT2D eigenvalue weighted by molar-refractivity contribution is -0.116. The van der Waals surface area contributed by atoms with Gasteiger partial charge in [-0.2, -0.15) is 0 Å². The van der Waals surface area contributed by atoms with Crippen molar-refractivity contribution < 1.29 is 9.59 Å². The lowest BCUT2D eigenvalue weighted by Gasteiger charge is -2.29. The van der Waals surface area contributed by atoms with Gasteiger partial charge in [0.1, 0.15) is 5.82 Å². The summed E-state index contributed by atoms with van der Waals surface area (Å²) in [6.45, 7) is 0.736. The van der Waals surface area contributed by atoms with Crippen molar-refractivity contribution in [3.63, 3.8) is 0 Å². The summed E-state index contributed by atoms with van der Waals surface area (Å²) >= 11 is 1.34. The Labute approximate surface area is 179 Å². The molecule has 1 aromatic heterocycles. The molecule has 0 spiro atoms. The summed E-state index contributed by atoms with van der Waals surface area (Å²) in [5.41, 5.74) is 2.96. The van der Waals surface area contributed by atoms with Crippen molar-refractivity contribution in [3.05, 3.63) is 66.0 Å². The lowest BCUT2D eigenvalue weighted by Crippen LogP contribution is -2.36. The van der Waals surface area contributed by atoms with Gasteiger partial charge in [-0.05, 0) is 36.6 Å². The SMILES string of the molecule is Cn1c(CC(=O)Nc2ccccc2)nnc1SCC(=O)N1CCCc2ccccc21. The van der Waals surface area contributed by atoms with Crippen molar-refractivity contribution in [2.24, 2.45) is 7.05 Å². The monoisotopic (exact) mass is 421 g/mol. The van der Waals surface area contributed by atoms with E-state index in [1.54, 1.807) is 4.57 Å². The van der Waals surface area contributed by atoms with Gasteiger partial charge in [-0.1, -0.05) is 48.2 Å². The Morgan fingerprint density at radius 2 is 1.83 bits per heavy atom. The minimum absolute atomic E-state index is 0.0542. The molecule has 0 atom stereocenters. The van der Waals surface area contributed by atoms with Crippen molar-refractivity contribution in [1.29, 1.82) is 0 Å². The normalized spacial score (nSPS) is 13.0. The highest BCUT2D eigenvalue weighted by atomic mass is 32.2. The molecule has 1 N–H and O–H groups in total. The van der Waals surface area contributed by atoms with Gasteiger partial charge in [0, 0.05) is 25.0 Å². The minimum atomic E-state index is -0.158. The zero-order valence-electron chi connectivity index (χ0n) is 16.7. The van der Waals surface area contributed by atoms with Crippen molar-refractivity contribution >= 4 is 35.0 Å². The quantitative estimate of drug-likeness (QED) is 0.619. The van der Waals surface area contributed by atoms with Crippen LogP contribution in [0.1, 0.15) is 17.8 Å². The number of rotatable bonds is 6. The average molecular weight is 422 g/mol. The fourth-order valence-corrected chi connectivity index (χ4v) is 4.30. The maximum atomic E-state index is 12.8. The number of para-hydroxylation sites is 2. The van der Waals surface area contributed by atoms with E-state index in [0.717, 1.165) is 30.8 Å². The van der Waals surface area contributed by atoms with Crippen LogP contribution in [0.3, 0.4) is 0 Å². The molecule has 0 fully saturated rings. The molecule has 8 heteroatoms. The highest BCUT2D eigenvalue weighted by Gasteiger charge is 2.23. The summed E-state index contributed by atoms with van der Waals surface area (Å²) in [4.78, 5) is 26.9. The highest BCUT2D eigenvalue weighted by Crippen LogP contribution is 2.28. The molecule has 7 nitrogen and oxygen atoms in total. The Hall–Kier alpha value is -3.13. The number of amides is 2. The maximum absolute atomic E-state index is 12.8. The molecule has 2 amide bonds. The molecule has 30 heavy (non-hydrogen) atoms. The van der Waals surface area contributed by atoms with Crippen LogP contribution in [0, 0.1) is 0 Å². The Morgan fingerprint density at radius 1 is 1.07 bits per heavy atom. The van der Waals surface area contributed by atoms with Gasteiger partial charge in [0.05, 0.1) is 12.2 Å². The number of anilines is 2. The fraction of sp³-hybridized carbons (Fsp3) is 0.273. The second-order valence-corrected chi connectivity index (χ2v) is 8.06. The van der Waals surface area contributed by atoms with E-state index >= 15 is 0 Å². The fourth-order valence-electron chi connectivity index (χ4n) is 3.49. The van der Waals surface area contributed by atoms with Crippen molar-refractivity contribution in [3.8, 4) is 0 Å². The summed E-state index contributed by atoms with van der Waals surface area (Å²) < 4.78 is 1.77. The number of carbonyl (C=O) groups excluding carboxylic acids is 2. The van der Waals surface area contributed by atoms with Gasteiger partial charge in [0.15, 0.2) is 5.16 Å². The van der Waals surface area contributed by atoms with E-state index in [1.807, 2.05) is 60.5 Å². The average Bonchev–Trinajstić information content (AvgIpc) is 3.11. The van der Waals surface area contributed by atoms with E-state index in [4.69, 9.17) is 0 Å². The van der Waals surface area contributed by atoms with Crippen LogP contribution in [0.15, 0.2) is 59.8 Å². The van der Waals surface area contributed by atoms with E-state index in [-0.39, 0.29) is 24.0 Å². The number of carbonyl (C=O) groups is 2. The molecule has 0 aliphatic carbocycles. The van der Waals surface area contributed by atoms with Crippen molar-refractivity contribution in [2.75, 3.05) is 22.5 Å². The van der Waals surface area contributed by atoms with Crippen LogP contribution in [-0.4, -0.2) is 38.9 Å². The number of hydrogen-bond acceptors (Lipinski definition) is 5. The van der Waals surface area contributed by atoms with E-state index in [2.05, 4.69) is 21.6 Å². The van der Waals surface area contributed by atoms with Crippen LogP contribution in [0.5, 0.6) is 0 Å². The van der Waals surface area contributed by atoms with Crippen LogP contribution < -0.4 is 10.2 Å². The maximum Gasteiger partial charge on any atom is 0.237 e. The van der Waals surface area contributed by atoms with E-state index < -0.39 is 0 Å². The van der Waals surface area contributed by atoms with Gasteiger partial charge >= 0.3 is 0 Å². The molecule has 1 aliphatic rings. The first-order valence-electron chi connectivity index (χ1n) is 9.86. The van der Waals surface area contributed by atoms with Crippen LogP contribution in [-0.2, 0) is 29.5 Å². The molecule has 0 bridgehead atoms. The Morgan fingerprint density at radius 3 is 2.67 bits per heavy atom. The molecule has 0 radical (unpaired) electrons. The molecule has 1 aliphatic heterocycles. The molecule has 154 valence electrons. The Kier molecular flexibility index (Phi) is 6.13. The standard InChI is InChI=1S/C22H23N5O2S/c1-26-19(14-20(28)23-17-10-3-2-4-11-17)24-25-22(26)30-15-21(29)27-13-7-9-16-8-5-6-12-18(16)27/h2-6,8,10-12H,7,9,13-15H2,1H3,(H,23,28). The summed E-state index contributed by atoms with van der Waals surface area (Å²) in [6, 6.07) is 17.4. The number of benzene rings is 2. The zero-order valence-corrected chi connectivity index (χ0v) is 17.6. The number of hydrogen-bond donors (Lipinski definition) is 1. The third kappa shape index (κ3) is 4.54. The first-order valence-corrected chi connectivity index (χ1v) is 10.8.